The minimum atomic E-state index is -1.28. The molecule has 2 saturated heterocycles. The quantitative estimate of drug-likeness (QED) is 0.399. The van der Waals surface area contributed by atoms with E-state index in [1.54, 1.807) is 0 Å². The van der Waals surface area contributed by atoms with Crippen molar-refractivity contribution in [1.29, 1.82) is 0 Å². The van der Waals surface area contributed by atoms with E-state index in [9.17, 15) is 14.4 Å². The molecule has 0 aromatic heterocycles. The van der Waals surface area contributed by atoms with Crippen LogP contribution < -0.4 is 5.32 Å². The summed E-state index contributed by atoms with van der Waals surface area (Å²) >= 11 is 0. The topological polar surface area (TPSA) is 81.7 Å². The molecule has 2 aliphatic heterocycles. The number of hydrogen-bond donors (Lipinski definition) is 1. The number of nitrogens with one attached hydrogen (secondary N) is 1. The van der Waals surface area contributed by atoms with Gasteiger partial charge in [0.1, 0.15) is 6.10 Å². The highest BCUT2D eigenvalue weighted by Gasteiger charge is 2.80. The Morgan fingerprint density at radius 1 is 1.37 bits per heavy atom. The lowest BCUT2D eigenvalue weighted by molar-refractivity contribution is -0.241. The molecule has 0 radical (unpaired) electrons. The van der Waals surface area contributed by atoms with E-state index in [0.29, 0.717) is 6.42 Å². The number of unbranched alkanes of at least 4 members (excludes halogenated alkanes) is 3. The maximum absolute atomic E-state index is 12.8. The van der Waals surface area contributed by atoms with Gasteiger partial charge < -0.3 is 14.8 Å². The molecule has 3 rings (SSSR count). The summed E-state index contributed by atoms with van der Waals surface area (Å²) in [5.74, 6) is -1.61. The van der Waals surface area contributed by atoms with E-state index in [0.717, 1.165) is 44.9 Å². The summed E-state index contributed by atoms with van der Waals surface area (Å²) in [5.41, 5.74) is -2.25. The Labute approximate surface area is 161 Å². The Morgan fingerprint density at radius 3 is 2.74 bits per heavy atom. The third kappa shape index (κ3) is 3.17. The zero-order chi connectivity index (χ0) is 19.7. The van der Waals surface area contributed by atoms with E-state index < -0.39 is 35.1 Å². The molecule has 0 spiro atoms. The number of carbonyl (C=O) groups excluding carboxylic acids is 3. The number of hydrogen-bond acceptors (Lipinski definition) is 5. The highest BCUT2D eigenvalue weighted by Crippen LogP contribution is 2.54. The van der Waals surface area contributed by atoms with E-state index in [1.165, 1.54) is 6.92 Å². The Bertz CT molecular complexity index is 644. The first-order chi connectivity index (χ1) is 12.9. The van der Waals surface area contributed by atoms with Crippen molar-refractivity contribution >= 4 is 17.8 Å². The molecule has 2 fully saturated rings. The highest BCUT2D eigenvalue weighted by atomic mass is 16.6. The van der Waals surface area contributed by atoms with Crippen LogP contribution in [0.4, 0.5) is 0 Å². The molecule has 1 amide bonds. The Morgan fingerprint density at radius 2 is 2.15 bits per heavy atom. The van der Waals surface area contributed by atoms with Gasteiger partial charge in [-0.3, -0.25) is 9.59 Å². The standard InChI is InChI=1S/C21H31NO5/c1-4-5-6-10-13-16-18(24)22-21(19(25)27-20(16,21)3)17(26-14(2)23)15-11-8-7-9-12-15/h8,11,15-17H,4-7,9-10,12-13H2,1-3H3,(H,22,24)/t15-,16+,17+,20+,21+/m1/s1. The minimum Gasteiger partial charge on any atom is -0.459 e. The Hall–Kier alpha value is -1.85. The molecule has 0 aromatic rings. The fraction of sp³-hybridized carbons (Fsp3) is 0.762. The smallest absolute Gasteiger partial charge is 0.340 e. The van der Waals surface area contributed by atoms with Crippen LogP contribution in [0.1, 0.15) is 72.1 Å². The maximum atomic E-state index is 12.8. The van der Waals surface area contributed by atoms with Crippen LogP contribution in [0.2, 0.25) is 0 Å². The number of amides is 1. The molecule has 0 saturated carbocycles. The molecule has 27 heavy (non-hydrogen) atoms. The van der Waals surface area contributed by atoms with Crippen molar-refractivity contribution in [2.45, 2.75) is 89.4 Å². The first-order valence-corrected chi connectivity index (χ1v) is 10.3. The monoisotopic (exact) mass is 377 g/mol. The second-order valence-corrected chi connectivity index (χ2v) is 8.25. The predicted octanol–water partition coefficient (Wildman–Crippen LogP) is 3.05. The van der Waals surface area contributed by atoms with Gasteiger partial charge in [-0.05, 0) is 32.6 Å². The van der Waals surface area contributed by atoms with Crippen molar-refractivity contribution in [2.75, 3.05) is 0 Å². The van der Waals surface area contributed by atoms with Crippen LogP contribution in [0.5, 0.6) is 0 Å². The average Bonchev–Trinajstić information content (AvgIpc) is 2.81. The molecule has 0 unspecified atom stereocenters. The molecule has 150 valence electrons. The van der Waals surface area contributed by atoms with Gasteiger partial charge in [-0.2, -0.15) is 0 Å². The van der Waals surface area contributed by atoms with Gasteiger partial charge in [-0.1, -0.05) is 44.8 Å². The molecule has 3 aliphatic rings. The van der Waals surface area contributed by atoms with E-state index >= 15 is 0 Å². The van der Waals surface area contributed by atoms with Crippen molar-refractivity contribution in [3.05, 3.63) is 12.2 Å². The lowest BCUT2D eigenvalue weighted by Crippen LogP contribution is -2.80. The Balaban J connectivity index is 1.89. The number of fused-ring (bicyclic) bond motifs is 1. The minimum absolute atomic E-state index is 0.103. The summed E-state index contributed by atoms with van der Waals surface area (Å²) in [6.45, 7) is 5.31. The summed E-state index contributed by atoms with van der Waals surface area (Å²) < 4.78 is 11.3. The second-order valence-electron chi connectivity index (χ2n) is 8.25. The van der Waals surface area contributed by atoms with E-state index in [4.69, 9.17) is 9.47 Å². The van der Waals surface area contributed by atoms with Gasteiger partial charge in [-0.25, -0.2) is 4.79 Å². The van der Waals surface area contributed by atoms with Crippen molar-refractivity contribution in [3.63, 3.8) is 0 Å². The van der Waals surface area contributed by atoms with Crippen LogP contribution in [0, 0.1) is 11.8 Å². The lowest BCUT2D eigenvalue weighted by Gasteiger charge is -2.55. The van der Waals surface area contributed by atoms with Crippen LogP contribution in [-0.4, -0.2) is 35.1 Å². The SMILES string of the molecule is CCCCCC[C@H]1C(=O)N[C@@]2([C@@H](OC(C)=O)[C@@H]3C=CCCC3)C(=O)O[C@@]12C. The predicted molar refractivity (Wildman–Crippen MR) is 99.7 cm³/mol. The van der Waals surface area contributed by atoms with E-state index in [1.807, 2.05) is 13.0 Å². The largest absolute Gasteiger partial charge is 0.459 e. The summed E-state index contributed by atoms with van der Waals surface area (Å²) in [5, 5.41) is 2.93. The highest BCUT2D eigenvalue weighted by molar-refractivity contribution is 6.02. The van der Waals surface area contributed by atoms with Gasteiger partial charge in [0.2, 0.25) is 11.4 Å². The number of ether oxygens (including phenoxy) is 2. The summed E-state index contributed by atoms with van der Waals surface area (Å²) in [7, 11) is 0. The second kappa shape index (κ2) is 7.64. The molecule has 1 N–H and O–H groups in total. The third-order valence-corrected chi connectivity index (χ3v) is 6.46. The fourth-order valence-electron chi connectivity index (χ4n) is 4.98. The summed E-state index contributed by atoms with van der Waals surface area (Å²) in [6.07, 6.45) is 11.0. The zero-order valence-electron chi connectivity index (χ0n) is 16.6. The Kier molecular flexibility index (Phi) is 5.63. The van der Waals surface area contributed by atoms with Crippen molar-refractivity contribution < 1.29 is 23.9 Å². The molecule has 5 atom stereocenters. The van der Waals surface area contributed by atoms with E-state index in [2.05, 4.69) is 18.3 Å². The molecule has 1 aliphatic carbocycles. The maximum Gasteiger partial charge on any atom is 0.340 e. The molecule has 6 nitrogen and oxygen atoms in total. The van der Waals surface area contributed by atoms with Gasteiger partial charge in [0.05, 0.1) is 5.92 Å². The molecular weight excluding hydrogens is 346 g/mol. The van der Waals surface area contributed by atoms with Gasteiger partial charge in [-0.15, -0.1) is 0 Å². The first-order valence-electron chi connectivity index (χ1n) is 10.3. The first kappa shape index (κ1) is 19.9. The fourth-order valence-corrected chi connectivity index (χ4v) is 4.98. The number of allylic oxidation sites excluding steroid dienone is 1. The molecule has 0 aromatic carbocycles. The van der Waals surface area contributed by atoms with Crippen molar-refractivity contribution in [2.24, 2.45) is 11.8 Å². The van der Waals surface area contributed by atoms with Gasteiger partial charge in [0.25, 0.3) is 0 Å². The summed E-state index contributed by atoms with van der Waals surface area (Å²) in [4.78, 5) is 37.4. The molecule has 0 bridgehead atoms. The van der Waals surface area contributed by atoms with Crippen molar-refractivity contribution in [1.82, 2.24) is 5.32 Å². The zero-order valence-corrected chi connectivity index (χ0v) is 16.6. The number of esters is 2. The summed E-state index contributed by atoms with van der Waals surface area (Å²) in [6, 6.07) is 0. The van der Waals surface area contributed by atoms with Crippen LogP contribution >= 0.6 is 0 Å². The van der Waals surface area contributed by atoms with Crippen molar-refractivity contribution in [3.8, 4) is 0 Å². The van der Waals surface area contributed by atoms with E-state index in [-0.39, 0.29) is 11.8 Å². The number of carbonyl (C=O) groups is 3. The molecule has 2 heterocycles. The molecular formula is C21H31NO5. The van der Waals surface area contributed by atoms with Crippen LogP contribution in [0.3, 0.4) is 0 Å². The normalized spacial score (nSPS) is 35.7. The van der Waals surface area contributed by atoms with Gasteiger partial charge in [0.15, 0.2) is 5.60 Å². The van der Waals surface area contributed by atoms with Crippen LogP contribution in [-0.2, 0) is 23.9 Å². The van der Waals surface area contributed by atoms with Gasteiger partial charge >= 0.3 is 11.9 Å². The van der Waals surface area contributed by atoms with Gasteiger partial charge in [0, 0.05) is 12.8 Å². The third-order valence-electron chi connectivity index (χ3n) is 6.46. The average molecular weight is 377 g/mol. The number of rotatable bonds is 8. The molecule has 6 heteroatoms. The van der Waals surface area contributed by atoms with Crippen LogP contribution in [0.15, 0.2) is 12.2 Å². The lowest BCUT2D eigenvalue weighted by atomic mass is 9.64. The van der Waals surface area contributed by atoms with Crippen LogP contribution in [0.25, 0.3) is 0 Å².